The van der Waals surface area contributed by atoms with Crippen molar-refractivity contribution in [1.82, 2.24) is 14.9 Å². The lowest BCUT2D eigenvalue weighted by atomic mass is 9.95. The molecule has 3 heterocycles. The maximum atomic E-state index is 13.5. The summed E-state index contributed by atoms with van der Waals surface area (Å²) in [7, 11) is 1.28. The average molecular weight is 413 g/mol. The van der Waals surface area contributed by atoms with Crippen LogP contribution in [-0.2, 0) is 19.1 Å². The first-order chi connectivity index (χ1) is 15.1. The number of hydrogen-bond donors (Lipinski definition) is 2. The molecule has 2 aromatic carbocycles. The number of aromatic amines is 2. The summed E-state index contributed by atoms with van der Waals surface area (Å²) in [4.78, 5) is 46.1. The van der Waals surface area contributed by atoms with Crippen molar-refractivity contribution in [2.45, 2.75) is 6.42 Å². The van der Waals surface area contributed by atoms with Gasteiger partial charge in [-0.3, -0.25) is 19.3 Å². The van der Waals surface area contributed by atoms with Gasteiger partial charge in [0.1, 0.15) is 0 Å². The predicted octanol–water partition coefficient (Wildman–Crippen LogP) is 3.49. The molecular formula is C24H19N3O4. The molecule has 1 aliphatic rings. The van der Waals surface area contributed by atoms with Crippen LogP contribution in [0.1, 0.15) is 17.5 Å². The molecule has 0 unspecified atom stereocenters. The van der Waals surface area contributed by atoms with Gasteiger partial charge in [-0.1, -0.05) is 36.4 Å². The number of esters is 1. The van der Waals surface area contributed by atoms with Crippen molar-refractivity contribution in [3.05, 3.63) is 72.1 Å². The normalized spacial score (nSPS) is 14.3. The first-order valence-corrected chi connectivity index (χ1v) is 9.90. The maximum Gasteiger partial charge on any atom is 0.307 e. The smallest absolute Gasteiger partial charge is 0.307 e. The lowest BCUT2D eigenvalue weighted by Gasteiger charge is -2.14. The van der Waals surface area contributed by atoms with Gasteiger partial charge in [-0.05, 0) is 12.1 Å². The summed E-state index contributed by atoms with van der Waals surface area (Å²) in [5, 5.41) is 1.71. The minimum Gasteiger partial charge on any atom is -0.469 e. The van der Waals surface area contributed by atoms with Crippen LogP contribution in [0.3, 0.4) is 0 Å². The van der Waals surface area contributed by atoms with Gasteiger partial charge in [0.2, 0.25) is 0 Å². The monoisotopic (exact) mass is 413 g/mol. The zero-order valence-electron chi connectivity index (χ0n) is 16.8. The van der Waals surface area contributed by atoms with Crippen molar-refractivity contribution >= 4 is 50.7 Å². The number of carbonyl (C=O) groups is 3. The Morgan fingerprint density at radius 2 is 1.32 bits per heavy atom. The van der Waals surface area contributed by atoms with Crippen LogP contribution in [0, 0.1) is 0 Å². The van der Waals surface area contributed by atoms with Gasteiger partial charge >= 0.3 is 5.97 Å². The van der Waals surface area contributed by atoms with Crippen molar-refractivity contribution in [2.24, 2.45) is 0 Å². The number of H-pyrrole nitrogens is 2. The minimum absolute atomic E-state index is 0.0396. The van der Waals surface area contributed by atoms with Gasteiger partial charge in [0, 0.05) is 51.9 Å². The molecule has 2 amide bonds. The number of benzene rings is 2. The first-order valence-electron chi connectivity index (χ1n) is 9.90. The minimum atomic E-state index is -0.477. The fourth-order valence-corrected chi connectivity index (χ4v) is 4.14. The Bertz CT molecular complexity index is 1300. The Morgan fingerprint density at radius 1 is 0.839 bits per heavy atom. The van der Waals surface area contributed by atoms with E-state index in [4.69, 9.17) is 0 Å². The summed E-state index contributed by atoms with van der Waals surface area (Å²) < 4.78 is 4.68. The summed E-state index contributed by atoms with van der Waals surface area (Å²) in [6, 6.07) is 15.3. The second-order valence-corrected chi connectivity index (χ2v) is 7.33. The number of aromatic nitrogens is 2. The number of rotatable bonds is 5. The number of carbonyl (C=O) groups excluding carboxylic acids is 3. The number of amides is 2. The summed E-state index contributed by atoms with van der Waals surface area (Å²) in [6.07, 6.45) is 3.45. The van der Waals surface area contributed by atoms with E-state index < -0.39 is 17.8 Å². The summed E-state index contributed by atoms with van der Waals surface area (Å²) in [5.41, 5.74) is 3.73. The lowest BCUT2D eigenvalue weighted by molar-refractivity contribution is -0.142. The fraction of sp³-hybridized carbons (Fsp3) is 0.125. The van der Waals surface area contributed by atoms with E-state index in [9.17, 15) is 14.4 Å². The van der Waals surface area contributed by atoms with Crippen molar-refractivity contribution in [2.75, 3.05) is 13.7 Å². The summed E-state index contributed by atoms with van der Waals surface area (Å²) >= 11 is 0. The van der Waals surface area contributed by atoms with E-state index in [-0.39, 0.29) is 13.0 Å². The number of hydrogen-bond acceptors (Lipinski definition) is 4. The van der Waals surface area contributed by atoms with Crippen molar-refractivity contribution in [3.63, 3.8) is 0 Å². The van der Waals surface area contributed by atoms with Gasteiger partial charge in [0.05, 0.1) is 24.7 Å². The van der Waals surface area contributed by atoms with Gasteiger partial charge in [-0.15, -0.1) is 0 Å². The molecule has 0 fully saturated rings. The number of nitrogens with one attached hydrogen (secondary N) is 2. The van der Waals surface area contributed by atoms with Gasteiger partial charge in [-0.2, -0.15) is 0 Å². The summed E-state index contributed by atoms with van der Waals surface area (Å²) in [5.74, 6) is -1.31. The SMILES string of the molecule is COC(=O)CCN1C(=O)C(c2c[nH]c3ccccc23)=C(c2c[nH]c3ccccc23)C1=O. The van der Waals surface area contributed by atoms with Gasteiger partial charge < -0.3 is 14.7 Å². The van der Waals surface area contributed by atoms with Crippen LogP contribution in [0.25, 0.3) is 33.0 Å². The molecule has 7 heteroatoms. The van der Waals surface area contributed by atoms with Crippen molar-refractivity contribution in [1.29, 1.82) is 0 Å². The van der Waals surface area contributed by atoms with Gasteiger partial charge in [0.15, 0.2) is 0 Å². The molecular weight excluding hydrogens is 394 g/mol. The van der Waals surface area contributed by atoms with Crippen LogP contribution in [0.2, 0.25) is 0 Å². The Hall–Kier alpha value is -4.13. The highest BCUT2D eigenvalue weighted by atomic mass is 16.5. The third-order valence-corrected chi connectivity index (χ3v) is 5.65. The molecule has 0 saturated heterocycles. The van der Waals surface area contributed by atoms with E-state index in [1.807, 2.05) is 48.5 Å². The molecule has 0 radical (unpaired) electrons. The zero-order chi connectivity index (χ0) is 21.5. The van der Waals surface area contributed by atoms with Gasteiger partial charge in [-0.25, -0.2) is 0 Å². The van der Waals surface area contributed by atoms with E-state index >= 15 is 0 Å². The topological polar surface area (TPSA) is 95.3 Å². The molecule has 4 aromatic rings. The predicted molar refractivity (Wildman–Crippen MR) is 117 cm³/mol. The molecule has 154 valence electrons. The molecule has 0 saturated carbocycles. The quantitative estimate of drug-likeness (QED) is 0.387. The Morgan fingerprint density at radius 3 is 1.81 bits per heavy atom. The Labute approximate surface area is 177 Å². The van der Waals surface area contributed by atoms with Crippen molar-refractivity contribution in [3.8, 4) is 0 Å². The van der Waals surface area contributed by atoms with Crippen LogP contribution >= 0.6 is 0 Å². The molecule has 5 rings (SSSR count). The average Bonchev–Trinajstić information content (AvgIpc) is 3.46. The lowest BCUT2D eigenvalue weighted by Crippen LogP contribution is -2.33. The molecule has 1 aliphatic heterocycles. The third-order valence-electron chi connectivity index (χ3n) is 5.65. The maximum absolute atomic E-state index is 13.5. The van der Waals surface area contributed by atoms with E-state index in [0.29, 0.717) is 22.3 Å². The second kappa shape index (κ2) is 7.28. The van der Waals surface area contributed by atoms with E-state index in [2.05, 4.69) is 14.7 Å². The molecule has 0 atom stereocenters. The zero-order valence-corrected chi connectivity index (χ0v) is 16.8. The Kier molecular flexibility index (Phi) is 4.43. The summed E-state index contributed by atoms with van der Waals surface area (Å²) in [6.45, 7) is -0.0396. The number of fused-ring (bicyclic) bond motifs is 2. The molecule has 0 bridgehead atoms. The van der Waals surface area contributed by atoms with Crippen LogP contribution < -0.4 is 0 Å². The molecule has 31 heavy (non-hydrogen) atoms. The number of methoxy groups -OCH3 is 1. The van der Waals surface area contributed by atoms with Crippen molar-refractivity contribution < 1.29 is 19.1 Å². The molecule has 0 aliphatic carbocycles. The number of para-hydroxylation sites is 2. The molecule has 7 nitrogen and oxygen atoms in total. The van der Waals surface area contributed by atoms with E-state index in [0.717, 1.165) is 26.7 Å². The number of imide groups is 1. The largest absolute Gasteiger partial charge is 0.469 e. The number of nitrogens with zero attached hydrogens (tertiary/aromatic N) is 1. The highest BCUT2D eigenvalue weighted by Crippen LogP contribution is 2.40. The third kappa shape index (κ3) is 2.93. The molecule has 0 spiro atoms. The molecule has 2 aromatic heterocycles. The second-order valence-electron chi connectivity index (χ2n) is 7.33. The highest BCUT2D eigenvalue weighted by Gasteiger charge is 2.41. The first kappa shape index (κ1) is 18.9. The van der Waals surface area contributed by atoms with Crippen LogP contribution in [0.15, 0.2) is 60.9 Å². The number of ether oxygens (including phenoxy) is 1. The van der Waals surface area contributed by atoms with Crippen LogP contribution in [0.4, 0.5) is 0 Å². The highest BCUT2D eigenvalue weighted by molar-refractivity contribution is 6.50. The molecule has 2 N–H and O–H groups in total. The Balaban J connectivity index is 1.71. The fourth-order valence-electron chi connectivity index (χ4n) is 4.14. The van der Waals surface area contributed by atoms with E-state index in [1.165, 1.54) is 7.11 Å². The van der Waals surface area contributed by atoms with E-state index in [1.54, 1.807) is 12.4 Å². The van der Waals surface area contributed by atoms with Crippen LogP contribution in [-0.4, -0.2) is 46.3 Å². The standard InChI is InChI=1S/C24H19N3O4/c1-31-20(28)10-11-27-23(29)21(16-12-25-18-8-4-2-6-14(16)18)22(24(27)30)17-13-26-19-9-5-3-7-15(17)19/h2-9,12-13,25-26H,10-11H2,1H3. The van der Waals surface area contributed by atoms with Crippen LogP contribution in [0.5, 0.6) is 0 Å². The van der Waals surface area contributed by atoms with Gasteiger partial charge in [0.25, 0.3) is 11.8 Å².